The summed E-state index contributed by atoms with van der Waals surface area (Å²) in [5, 5.41) is 0. The lowest BCUT2D eigenvalue weighted by atomic mass is 10.0. The van der Waals surface area contributed by atoms with Crippen molar-refractivity contribution < 1.29 is 8.42 Å². The van der Waals surface area contributed by atoms with E-state index < -0.39 is 10.2 Å². The van der Waals surface area contributed by atoms with E-state index in [1.165, 1.54) is 0 Å². The van der Waals surface area contributed by atoms with Gasteiger partial charge in [-0.05, 0) is 37.5 Å². The van der Waals surface area contributed by atoms with Crippen molar-refractivity contribution in [3.05, 3.63) is 0 Å². The molecule has 100 valence electrons. The van der Waals surface area contributed by atoms with Crippen molar-refractivity contribution in [3.63, 3.8) is 0 Å². The molecule has 0 aromatic rings. The van der Waals surface area contributed by atoms with Crippen molar-refractivity contribution in [2.45, 2.75) is 39.5 Å². The third-order valence-electron chi connectivity index (χ3n) is 4.01. The first-order valence-electron chi connectivity index (χ1n) is 6.75. The molecule has 2 heterocycles. The molecule has 1 unspecified atom stereocenters. The standard InChI is InChI=1S/C12H24N2O2S/c1-11-5-8-13(9-6-11)17(15,16)14-7-3-4-12(2)10-14/h11-12H,3-10H2,1-2H3. The maximum Gasteiger partial charge on any atom is 0.281 e. The van der Waals surface area contributed by atoms with E-state index in [0.717, 1.165) is 25.7 Å². The summed E-state index contributed by atoms with van der Waals surface area (Å²) in [7, 11) is -3.17. The lowest BCUT2D eigenvalue weighted by molar-refractivity contribution is 0.233. The van der Waals surface area contributed by atoms with Gasteiger partial charge in [0.05, 0.1) is 0 Å². The summed E-state index contributed by atoms with van der Waals surface area (Å²) in [6.45, 7) is 7.16. The highest BCUT2D eigenvalue weighted by atomic mass is 32.2. The van der Waals surface area contributed by atoms with E-state index in [9.17, 15) is 8.42 Å². The predicted molar refractivity (Wildman–Crippen MR) is 68.9 cm³/mol. The summed E-state index contributed by atoms with van der Waals surface area (Å²) in [5.41, 5.74) is 0. The monoisotopic (exact) mass is 260 g/mol. The first kappa shape index (κ1) is 13.3. The molecule has 5 heteroatoms. The van der Waals surface area contributed by atoms with Gasteiger partial charge in [0.25, 0.3) is 10.2 Å². The predicted octanol–water partition coefficient (Wildman–Crippen LogP) is 1.70. The molecule has 0 aromatic carbocycles. The molecule has 0 aromatic heterocycles. The normalized spacial score (nSPS) is 30.6. The Morgan fingerprint density at radius 2 is 1.53 bits per heavy atom. The Balaban J connectivity index is 2.02. The highest BCUT2D eigenvalue weighted by Crippen LogP contribution is 2.24. The van der Waals surface area contributed by atoms with Gasteiger partial charge in [0.15, 0.2) is 0 Å². The average molecular weight is 260 g/mol. The minimum absolute atomic E-state index is 0.502. The fraction of sp³-hybridized carbons (Fsp3) is 1.00. The Morgan fingerprint density at radius 3 is 2.12 bits per heavy atom. The van der Waals surface area contributed by atoms with Crippen LogP contribution in [0.5, 0.6) is 0 Å². The van der Waals surface area contributed by atoms with Gasteiger partial charge in [0, 0.05) is 26.2 Å². The number of piperidine rings is 2. The second-order valence-corrected chi connectivity index (χ2v) is 7.62. The Hall–Kier alpha value is -0.130. The van der Waals surface area contributed by atoms with Crippen LogP contribution in [-0.2, 0) is 10.2 Å². The van der Waals surface area contributed by atoms with Crippen molar-refractivity contribution in [3.8, 4) is 0 Å². The summed E-state index contributed by atoms with van der Waals surface area (Å²) in [6, 6.07) is 0. The molecule has 0 N–H and O–H groups in total. The molecule has 2 rings (SSSR count). The van der Waals surface area contributed by atoms with Gasteiger partial charge in [-0.25, -0.2) is 0 Å². The van der Waals surface area contributed by atoms with Gasteiger partial charge >= 0.3 is 0 Å². The van der Waals surface area contributed by atoms with E-state index in [-0.39, 0.29) is 0 Å². The average Bonchev–Trinajstić information content (AvgIpc) is 2.29. The van der Waals surface area contributed by atoms with E-state index >= 15 is 0 Å². The smallest absolute Gasteiger partial charge is 0.195 e. The molecule has 4 nitrogen and oxygen atoms in total. The van der Waals surface area contributed by atoms with Crippen LogP contribution in [0.1, 0.15) is 39.5 Å². The highest BCUT2D eigenvalue weighted by molar-refractivity contribution is 7.86. The topological polar surface area (TPSA) is 40.6 Å². The van der Waals surface area contributed by atoms with Crippen LogP contribution in [0.25, 0.3) is 0 Å². The zero-order valence-corrected chi connectivity index (χ0v) is 11.7. The fourth-order valence-corrected chi connectivity index (χ4v) is 4.54. The van der Waals surface area contributed by atoms with Crippen LogP contribution in [0, 0.1) is 11.8 Å². The van der Waals surface area contributed by atoms with Gasteiger partial charge < -0.3 is 0 Å². The van der Waals surface area contributed by atoms with E-state index in [0.29, 0.717) is 38.0 Å². The molecule has 2 aliphatic heterocycles. The van der Waals surface area contributed by atoms with Gasteiger partial charge in [-0.1, -0.05) is 13.8 Å². The van der Waals surface area contributed by atoms with E-state index in [1.807, 2.05) is 0 Å². The Morgan fingerprint density at radius 1 is 0.882 bits per heavy atom. The summed E-state index contributed by atoms with van der Waals surface area (Å²) in [6.07, 6.45) is 4.17. The third kappa shape index (κ3) is 3.01. The lowest BCUT2D eigenvalue weighted by Crippen LogP contribution is -2.49. The summed E-state index contributed by atoms with van der Waals surface area (Å²) >= 11 is 0. The minimum Gasteiger partial charge on any atom is -0.195 e. The maximum absolute atomic E-state index is 12.4. The number of rotatable bonds is 2. The van der Waals surface area contributed by atoms with Crippen molar-refractivity contribution in [2.75, 3.05) is 26.2 Å². The fourth-order valence-electron chi connectivity index (χ4n) is 2.73. The minimum atomic E-state index is -3.17. The molecule has 0 bridgehead atoms. The summed E-state index contributed by atoms with van der Waals surface area (Å²) in [4.78, 5) is 0. The molecular formula is C12H24N2O2S. The molecule has 2 aliphatic rings. The van der Waals surface area contributed by atoms with Gasteiger partial charge in [-0.2, -0.15) is 17.0 Å². The third-order valence-corrected chi connectivity index (χ3v) is 6.02. The molecule has 0 saturated carbocycles. The van der Waals surface area contributed by atoms with Gasteiger partial charge in [0.1, 0.15) is 0 Å². The number of hydrogen-bond acceptors (Lipinski definition) is 2. The second-order valence-electron chi connectivity index (χ2n) is 5.69. The van der Waals surface area contributed by atoms with E-state index in [2.05, 4.69) is 13.8 Å². The van der Waals surface area contributed by atoms with Crippen molar-refractivity contribution in [2.24, 2.45) is 11.8 Å². The van der Waals surface area contributed by atoms with Gasteiger partial charge in [0.2, 0.25) is 0 Å². The van der Waals surface area contributed by atoms with Crippen molar-refractivity contribution >= 4 is 10.2 Å². The van der Waals surface area contributed by atoms with Crippen LogP contribution < -0.4 is 0 Å². The number of hydrogen-bond donors (Lipinski definition) is 0. The molecule has 0 amide bonds. The van der Waals surface area contributed by atoms with Crippen LogP contribution >= 0.6 is 0 Å². The van der Waals surface area contributed by atoms with Gasteiger partial charge in [-0.3, -0.25) is 0 Å². The Bertz CT molecular complexity index is 348. The lowest BCUT2D eigenvalue weighted by Gasteiger charge is -2.37. The van der Waals surface area contributed by atoms with Crippen LogP contribution in [0.4, 0.5) is 0 Å². The van der Waals surface area contributed by atoms with E-state index in [1.54, 1.807) is 8.61 Å². The molecule has 0 spiro atoms. The zero-order valence-electron chi connectivity index (χ0n) is 10.9. The van der Waals surface area contributed by atoms with E-state index in [4.69, 9.17) is 0 Å². The second kappa shape index (κ2) is 5.24. The Labute approximate surface area is 105 Å². The van der Waals surface area contributed by atoms with Crippen LogP contribution in [0.15, 0.2) is 0 Å². The maximum atomic E-state index is 12.4. The molecule has 17 heavy (non-hydrogen) atoms. The van der Waals surface area contributed by atoms with Crippen LogP contribution in [0.3, 0.4) is 0 Å². The van der Waals surface area contributed by atoms with Gasteiger partial charge in [-0.15, -0.1) is 0 Å². The molecule has 2 saturated heterocycles. The SMILES string of the molecule is CC1CCN(S(=O)(=O)N2CCCC(C)C2)CC1. The van der Waals surface area contributed by atoms with Crippen LogP contribution in [0.2, 0.25) is 0 Å². The Kier molecular flexibility index (Phi) is 4.10. The first-order chi connectivity index (χ1) is 8.00. The molecule has 2 fully saturated rings. The number of nitrogens with zero attached hydrogens (tertiary/aromatic N) is 2. The zero-order chi connectivity index (χ0) is 12.5. The van der Waals surface area contributed by atoms with Crippen molar-refractivity contribution in [1.29, 1.82) is 0 Å². The molecule has 0 aliphatic carbocycles. The summed E-state index contributed by atoms with van der Waals surface area (Å²) in [5.74, 6) is 1.17. The molecular weight excluding hydrogens is 236 g/mol. The quantitative estimate of drug-likeness (QED) is 0.758. The highest BCUT2D eigenvalue weighted by Gasteiger charge is 2.33. The summed E-state index contributed by atoms with van der Waals surface area (Å²) < 4.78 is 28.3. The molecule has 1 atom stereocenters. The largest absolute Gasteiger partial charge is 0.281 e. The van der Waals surface area contributed by atoms with Crippen LogP contribution in [-0.4, -0.2) is 43.2 Å². The molecule has 0 radical (unpaired) electrons. The van der Waals surface area contributed by atoms with Crippen molar-refractivity contribution in [1.82, 2.24) is 8.61 Å². The first-order valence-corrected chi connectivity index (χ1v) is 8.15.